The normalized spacial score (nSPS) is 9.89. The molecule has 0 heterocycles. The largest absolute Gasteiger partial charge is 0.380 e. The summed E-state index contributed by atoms with van der Waals surface area (Å²) in [5.41, 5.74) is 1.27. The molecule has 2 N–H and O–H groups in total. The third-order valence-corrected chi connectivity index (χ3v) is 2.29. The third-order valence-electron chi connectivity index (χ3n) is 2.29. The van der Waals surface area contributed by atoms with E-state index in [2.05, 4.69) is 10.6 Å². The van der Waals surface area contributed by atoms with Crippen LogP contribution in [0.1, 0.15) is 24.2 Å². The fraction of sp³-hybridized carbons (Fsp3) is 0.385. The number of ketones is 1. The standard InChI is InChI=1S/C13H18N2O3/c1-3-18-9-8-14-13(17)15-12-6-4-11(5-7-12)10(2)16/h4-7H,3,8-9H2,1-2H3,(H2,14,15,17). The molecule has 0 radical (unpaired) electrons. The first-order chi connectivity index (χ1) is 8.63. The molecule has 0 aromatic heterocycles. The molecular weight excluding hydrogens is 232 g/mol. The molecule has 0 bridgehead atoms. The maximum atomic E-state index is 11.4. The van der Waals surface area contributed by atoms with Crippen molar-refractivity contribution in [2.75, 3.05) is 25.1 Å². The smallest absolute Gasteiger partial charge is 0.319 e. The number of ether oxygens (including phenoxy) is 1. The van der Waals surface area contributed by atoms with Crippen molar-refractivity contribution < 1.29 is 14.3 Å². The number of benzene rings is 1. The highest BCUT2D eigenvalue weighted by Gasteiger charge is 2.02. The van der Waals surface area contributed by atoms with Gasteiger partial charge in [-0.05, 0) is 38.1 Å². The van der Waals surface area contributed by atoms with Gasteiger partial charge >= 0.3 is 6.03 Å². The molecule has 0 atom stereocenters. The van der Waals surface area contributed by atoms with Gasteiger partial charge in [-0.15, -0.1) is 0 Å². The second-order valence-corrected chi connectivity index (χ2v) is 3.71. The van der Waals surface area contributed by atoms with Crippen LogP contribution in [0.3, 0.4) is 0 Å². The molecule has 1 aromatic carbocycles. The van der Waals surface area contributed by atoms with E-state index in [-0.39, 0.29) is 11.8 Å². The maximum Gasteiger partial charge on any atom is 0.319 e. The minimum Gasteiger partial charge on any atom is -0.380 e. The number of hydrogen-bond donors (Lipinski definition) is 2. The van der Waals surface area contributed by atoms with E-state index in [9.17, 15) is 9.59 Å². The highest BCUT2D eigenvalue weighted by Crippen LogP contribution is 2.09. The van der Waals surface area contributed by atoms with Gasteiger partial charge in [-0.1, -0.05) is 0 Å². The van der Waals surface area contributed by atoms with Crippen molar-refractivity contribution in [1.82, 2.24) is 5.32 Å². The van der Waals surface area contributed by atoms with Gasteiger partial charge in [0.2, 0.25) is 0 Å². The Hall–Kier alpha value is -1.88. The number of Topliss-reactive ketones (excluding diaryl/α,β-unsaturated/α-hetero) is 1. The summed E-state index contributed by atoms with van der Waals surface area (Å²) in [6, 6.07) is 6.46. The van der Waals surface area contributed by atoms with Crippen molar-refractivity contribution in [3.8, 4) is 0 Å². The van der Waals surface area contributed by atoms with Crippen LogP contribution >= 0.6 is 0 Å². The second-order valence-electron chi connectivity index (χ2n) is 3.71. The molecule has 0 fully saturated rings. The predicted octanol–water partition coefficient (Wildman–Crippen LogP) is 2.05. The summed E-state index contributed by atoms with van der Waals surface area (Å²) in [5, 5.41) is 5.33. The van der Waals surface area contributed by atoms with Crippen molar-refractivity contribution in [1.29, 1.82) is 0 Å². The Kier molecular flexibility index (Phi) is 5.87. The van der Waals surface area contributed by atoms with E-state index < -0.39 is 0 Å². The lowest BCUT2D eigenvalue weighted by molar-refractivity contribution is 0.101. The first kappa shape index (κ1) is 14.2. The van der Waals surface area contributed by atoms with Gasteiger partial charge in [0.1, 0.15) is 0 Å². The van der Waals surface area contributed by atoms with Crippen LogP contribution in [0.15, 0.2) is 24.3 Å². The molecule has 0 saturated carbocycles. The molecule has 5 nitrogen and oxygen atoms in total. The molecule has 0 spiro atoms. The molecule has 0 aliphatic carbocycles. The SMILES string of the molecule is CCOCCNC(=O)Nc1ccc(C(C)=O)cc1. The lowest BCUT2D eigenvalue weighted by Crippen LogP contribution is -2.31. The first-order valence-corrected chi connectivity index (χ1v) is 5.87. The molecule has 5 heteroatoms. The monoisotopic (exact) mass is 250 g/mol. The minimum absolute atomic E-state index is 0.00251. The van der Waals surface area contributed by atoms with Gasteiger partial charge in [0.25, 0.3) is 0 Å². The van der Waals surface area contributed by atoms with Crippen LogP contribution in [0.4, 0.5) is 10.5 Å². The summed E-state index contributed by atoms with van der Waals surface area (Å²) in [4.78, 5) is 22.5. The summed E-state index contributed by atoms with van der Waals surface area (Å²) in [5.74, 6) is 0.00251. The van der Waals surface area contributed by atoms with Crippen LogP contribution in [-0.2, 0) is 4.74 Å². The van der Waals surface area contributed by atoms with Crippen molar-refractivity contribution in [3.63, 3.8) is 0 Å². The minimum atomic E-state index is -0.287. The second kappa shape index (κ2) is 7.45. The van der Waals surface area contributed by atoms with Crippen LogP contribution in [0.5, 0.6) is 0 Å². The Morgan fingerprint density at radius 3 is 2.44 bits per heavy atom. The summed E-state index contributed by atoms with van der Waals surface area (Å²) in [6.45, 7) is 4.99. The average molecular weight is 250 g/mol. The number of hydrogen-bond acceptors (Lipinski definition) is 3. The highest BCUT2D eigenvalue weighted by atomic mass is 16.5. The number of nitrogens with one attached hydrogen (secondary N) is 2. The highest BCUT2D eigenvalue weighted by molar-refractivity contribution is 5.95. The first-order valence-electron chi connectivity index (χ1n) is 5.87. The lowest BCUT2D eigenvalue weighted by Gasteiger charge is -2.07. The Morgan fingerprint density at radius 2 is 1.89 bits per heavy atom. The number of carbonyl (C=O) groups excluding carboxylic acids is 2. The molecule has 18 heavy (non-hydrogen) atoms. The number of carbonyl (C=O) groups is 2. The van der Waals surface area contributed by atoms with Gasteiger partial charge in [-0.2, -0.15) is 0 Å². The zero-order valence-electron chi connectivity index (χ0n) is 10.7. The Morgan fingerprint density at radius 1 is 1.22 bits per heavy atom. The van der Waals surface area contributed by atoms with E-state index >= 15 is 0 Å². The summed E-state index contributed by atoms with van der Waals surface area (Å²) < 4.78 is 5.10. The Bertz CT molecular complexity index is 401. The molecule has 0 saturated heterocycles. The van der Waals surface area contributed by atoms with Gasteiger partial charge in [-0.25, -0.2) is 4.79 Å². The van der Waals surface area contributed by atoms with Gasteiger partial charge in [0.15, 0.2) is 5.78 Å². The average Bonchev–Trinajstić information content (AvgIpc) is 2.35. The number of anilines is 1. The fourth-order valence-corrected chi connectivity index (χ4v) is 1.34. The number of urea groups is 1. The molecule has 1 aromatic rings. The fourth-order valence-electron chi connectivity index (χ4n) is 1.34. The van der Waals surface area contributed by atoms with Crippen LogP contribution in [0, 0.1) is 0 Å². The van der Waals surface area contributed by atoms with Crippen LogP contribution in [0.2, 0.25) is 0 Å². The summed E-state index contributed by atoms with van der Waals surface area (Å²) in [6.07, 6.45) is 0. The molecule has 2 amide bonds. The molecule has 1 rings (SSSR count). The van der Waals surface area contributed by atoms with E-state index in [0.717, 1.165) is 0 Å². The van der Waals surface area contributed by atoms with Crippen LogP contribution in [-0.4, -0.2) is 31.6 Å². The predicted molar refractivity (Wildman–Crippen MR) is 70.0 cm³/mol. The van der Waals surface area contributed by atoms with Crippen molar-refractivity contribution in [2.45, 2.75) is 13.8 Å². The Labute approximate surface area is 107 Å². The van der Waals surface area contributed by atoms with E-state index in [0.29, 0.717) is 31.0 Å². The molecular formula is C13H18N2O3. The molecule has 98 valence electrons. The van der Waals surface area contributed by atoms with Crippen molar-refractivity contribution >= 4 is 17.5 Å². The zero-order valence-corrected chi connectivity index (χ0v) is 10.7. The van der Waals surface area contributed by atoms with Crippen molar-refractivity contribution in [3.05, 3.63) is 29.8 Å². The molecule has 0 aliphatic heterocycles. The molecule has 0 unspecified atom stereocenters. The lowest BCUT2D eigenvalue weighted by atomic mass is 10.1. The quantitative estimate of drug-likeness (QED) is 0.599. The summed E-state index contributed by atoms with van der Waals surface area (Å²) >= 11 is 0. The van der Waals surface area contributed by atoms with E-state index in [1.165, 1.54) is 6.92 Å². The summed E-state index contributed by atoms with van der Waals surface area (Å²) in [7, 11) is 0. The number of amides is 2. The number of rotatable bonds is 6. The maximum absolute atomic E-state index is 11.4. The van der Waals surface area contributed by atoms with Crippen LogP contribution in [0.25, 0.3) is 0 Å². The van der Waals surface area contributed by atoms with Gasteiger partial charge < -0.3 is 15.4 Å². The zero-order chi connectivity index (χ0) is 13.4. The topological polar surface area (TPSA) is 67.4 Å². The van der Waals surface area contributed by atoms with E-state index in [4.69, 9.17) is 4.74 Å². The van der Waals surface area contributed by atoms with E-state index in [1.807, 2.05) is 6.92 Å². The van der Waals surface area contributed by atoms with E-state index in [1.54, 1.807) is 24.3 Å². The van der Waals surface area contributed by atoms with Gasteiger partial charge in [0, 0.05) is 24.4 Å². The van der Waals surface area contributed by atoms with Crippen molar-refractivity contribution in [2.24, 2.45) is 0 Å². The third kappa shape index (κ3) is 4.97. The molecule has 0 aliphatic rings. The van der Waals surface area contributed by atoms with Gasteiger partial charge in [-0.3, -0.25) is 4.79 Å². The van der Waals surface area contributed by atoms with Gasteiger partial charge in [0.05, 0.1) is 6.61 Å². The van der Waals surface area contributed by atoms with Crippen LogP contribution < -0.4 is 10.6 Å². The Balaban J connectivity index is 2.37.